The molecule has 0 saturated carbocycles. The van der Waals surface area contributed by atoms with Crippen LogP contribution in [-0.4, -0.2) is 13.6 Å². The SMILES string of the molecule is CN(c1ccccc1F)C(CN)c1ccccc1Cl. The number of para-hydroxylation sites is 1. The number of hydrogen-bond acceptors (Lipinski definition) is 2. The zero-order chi connectivity index (χ0) is 13.8. The Kier molecular flexibility index (Phi) is 4.40. The maximum Gasteiger partial charge on any atom is 0.146 e. The van der Waals surface area contributed by atoms with Gasteiger partial charge in [-0.25, -0.2) is 4.39 Å². The zero-order valence-electron chi connectivity index (χ0n) is 10.7. The topological polar surface area (TPSA) is 29.3 Å². The number of hydrogen-bond donors (Lipinski definition) is 1. The summed E-state index contributed by atoms with van der Waals surface area (Å²) in [6, 6.07) is 14.0. The van der Waals surface area contributed by atoms with Crippen LogP contribution in [-0.2, 0) is 0 Å². The van der Waals surface area contributed by atoms with E-state index in [1.54, 1.807) is 18.2 Å². The van der Waals surface area contributed by atoms with Gasteiger partial charge < -0.3 is 10.6 Å². The van der Waals surface area contributed by atoms with E-state index in [-0.39, 0.29) is 11.9 Å². The van der Waals surface area contributed by atoms with Crippen LogP contribution in [0.1, 0.15) is 11.6 Å². The summed E-state index contributed by atoms with van der Waals surface area (Å²) in [5, 5.41) is 0.640. The van der Waals surface area contributed by atoms with Gasteiger partial charge in [0.1, 0.15) is 5.82 Å². The quantitative estimate of drug-likeness (QED) is 0.926. The van der Waals surface area contributed by atoms with Gasteiger partial charge in [-0.3, -0.25) is 0 Å². The van der Waals surface area contributed by atoms with Crippen molar-refractivity contribution in [3.05, 3.63) is 64.9 Å². The molecule has 2 aromatic rings. The van der Waals surface area contributed by atoms with Gasteiger partial charge in [0.05, 0.1) is 11.7 Å². The minimum Gasteiger partial charge on any atom is -0.364 e. The van der Waals surface area contributed by atoms with E-state index in [0.29, 0.717) is 17.3 Å². The van der Waals surface area contributed by atoms with Crippen LogP contribution in [0.5, 0.6) is 0 Å². The first-order valence-corrected chi connectivity index (χ1v) is 6.44. The molecule has 0 heterocycles. The van der Waals surface area contributed by atoms with Crippen LogP contribution in [0, 0.1) is 5.82 Å². The van der Waals surface area contributed by atoms with Crippen molar-refractivity contribution in [2.24, 2.45) is 5.73 Å². The van der Waals surface area contributed by atoms with Gasteiger partial charge in [-0.05, 0) is 23.8 Å². The molecule has 2 N–H and O–H groups in total. The third-order valence-corrected chi connectivity index (χ3v) is 3.53. The first-order valence-electron chi connectivity index (χ1n) is 6.07. The van der Waals surface area contributed by atoms with Gasteiger partial charge in [-0.15, -0.1) is 0 Å². The number of rotatable bonds is 4. The number of nitrogens with zero attached hydrogens (tertiary/aromatic N) is 1. The smallest absolute Gasteiger partial charge is 0.146 e. The lowest BCUT2D eigenvalue weighted by atomic mass is 10.0. The molecule has 4 heteroatoms. The molecule has 0 spiro atoms. The highest BCUT2D eigenvalue weighted by atomic mass is 35.5. The molecule has 0 radical (unpaired) electrons. The van der Waals surface area contributed by atoms with Crippen LogP contribution >= 0.6 is 11.6 Å². The highest BCUT2D eigenvalue weighted by molar-refractivity contribution is 6.31. The second kappa shape index (κ2) is 6.04. The number of halogens is 2. The second-order valence-corrected chi connectivity index (χ2v) is 4.74. The summed E-state index contributed by atoms with van der Waals surface area (Å²) >= 11 is 6.19. The molecule has 100 valence electrons. The monoisotopic (exact) mass is 278 g/mol. The third kappa shape index (κ3) is 2.88. The fraction of sp³-hybridized carbons (Fsp3) is 0.200. The Morgan fingerprint density at radius 1 is 1.16 bits per heavy atom. The molecule has 1 atom stereocenters. The fourth-order valence-corrected chi connectivity index (χ4v) is 2.41. The first kappa shape index (κ1) is 13.8. The van der Waals surface area contributed by atoms with E-state index in [2.05, 4.69) is 0 Å². The lowest BCUT2D eigenvalue weighted by Gasteiger charge is -2.30. The Balaban J connectivity index is 2.38. The highest BCUT2D eigenvalue weighted by Gasteiger charge is 2.20. The number of benzene rings is 2. The maximum atomic E-state index is 13.8. The number of nitrogens with two attached hydrogens (primary N) is 1. The molecular weight excluding hydrogens is 263 g/mol. The van der Waals surface area contributed by atoms with Crippen molar-refractivity contribution in [3.63, 3.8) is 0 Å². The van der Waals surface area contributed by atoms with Gasteiger partial charge in [0.25, 0.3) is 0 Å². The lowest BCUT2D eigenvalue weighted by Crippen LogP contribution is -2.31. The Labute approximate surface area is 117 Å². The van der Waals surface area contributed by atoms with Gasteiger partial charge in [-0.2, -0.15) is 0 Å². The molecule has 2 nitrogen and oxygen atoms in total. The van der Waals surface area contributed by atoms with E-state index >= 15 is 0 Å². The molecule has 0 saturated heterocycles. The summed E-state index contributed by atoms with van der Waals surface area (Å²) in [5.41, 5.74) is 7.25. The van der Waals surface area contributed by atoms with Crippen molar-refractivity contribution in [1.29, 1.82) is 0 Å². The van der Waals surface area contributed by atoms with E-state index in [4.69, 9.17) is 17.3 Å². The molecule has 2 rings (SSSR count). The molecule has 0 aliphatic carbocycles. The molecule has 2 aromatic carbocycles. The maximum absolute atomic E-state index is 13.8. The van der Waals surface area contributed by atoms with Gasteiger partial charge in [0.2, 0.25) is 0 Å². The average Bonchev–Trinajstić information content (AvgIpc) is 2.42. The minimum atomic E-state index is -0.268. The number of likely N-dealkylation sites (N-methyl/N-ethyl adjacent to an activating group) is 1. The van der Waals surface area contributed by atoms with E-state index in [9.17, 15) is 4.39 Å². The van der Waals surface area contributed by atoms with Gasteiger partial charge in [0.15, 0.2) is 0 Å². The van der Waals surface area contributed by atoms with E-state index < -0.39 is 0 Å². The van der Waals surface area contributed by atoms with Gasteiger partial charge >= 0.3 is 0 Å². The molecule has 0 aliphatic heterocycles. The van der Waals surface area contributed by atoms with E-state index in [1.165, 1.54) is 6.07 Å². The second-order valence-electron chi connectivity index (χ2n) is 4.34. The van der Waals surface area contributed by atoms with Crippen LogP contribution in [0.3, 0.4) is 0 Å². The summed E-state index contributed by atoms with van der Waals surface area (Å²) in [6.45, 7) is 0.356. The van der Waals surface area contributed by atoms with Crippen LogP contribution < -0.4 is 10.6 Å². The third-order valence-electron chi connectivity index (χ3n) is 3.19. The summed E-state index contributed by atoms with van der Waals surface area (Å²) in [7, 11) is 1.82. The largest absolute Gasteiger partial charge is 0.364 e. The lowest BCUT2D eigenvalue weighted by molar-refractivity contribution is 0.603. The van der Waals surface area contributed by atoms with Crippen molar-refractivity contribution in [3.8, 4) is 0 Å². The minimum absolute atomic E-state index is 0.161. The van der Waals surface area contributed by atoms with Crippen LogP contribution in [0.25, 0.3) is 0 Å². The zero-order valence-corrected chi connectivity index (χ0v) is 11.4. The fourth-order valence-electron chi connectivity index (χ4n) is 2.14. The Morgan fingerprint density at radius 2 is 1.79 bits per heavy atom. The van der Waals surface area contributed by atoms with Gasteiger partial charge in [0, 0.05) is 18.6 Å². The summed E-state index contributed by atoms with van der Waals surface area (Å²) < 4.78 is 13.8. The average molecular weight is 279 g/mol. The van der Waals surface area contributed by atoms with E-state index in [0.717, 1.165) is 5.56 Å². The Morgan fingerprint density at radius 3 is 2.42 bits per heavy atom. The van der Waals surface area contributed by atoms with Crippen LogP contribution in [0.2, 0.25) is 5.02 Å². The normalized spacial score (nSPS) is 12.2. The van der Waals surface area contributed by atoms with Crippen molar-refractivity contribution in [2.45, 2.75) is 6.04 Å². The molecule has 1 unspecified atom stereocenters. The van der Waals surface area contributed by atoms with Gasteiger partial charge in [-0.1, -0.05) is 41.9 Å². The summed E-state index contributed by atoms with van der Waals surface area (Å²) in [4.78, 5) is 1.82. The summed E-state index contributed by atoms with van der Waals surface area (Å²) in [5.74, 6) is -0.268. The molecule has 0 amide bonds. The molecule has 0 bridgehead atoms. The summed E-state index contributed by atoms with van der Waals surface area (Å²) in [6.07, 6.45) is 0. The first-order chi connectivity index (χ1) is 9.15. The van der Waals surface area contributed by atoms with Crippen LogP contribution in [0.4, 0.5) is 10.1 Å². The number of anilines is 1. The molecule has 0 aliphatic rings. The van der Waals surface area contributed by atoms with Crippen molar-refractivity contribution in [2.75, 3.05) is 18.5 Å². The Hall–Kier alpha value is -1.58. The molecular formula is C15H16ClFN2. The van der Waals surface area contributed by atoms with Crippen LogP contribution in [0.15, 0.2) is 48.5 Å². The van der Waals surface area contributed by atoms with E-state index in [1.807, 2.05) is 36.2 Å². The predicted octanol–water partition coefficient (Wildman–Crippen LogP) is 3.62. The molecule has 0 aromatic heterocycles. The van der Waals surface area contributed by atoms with Crippen molar-refractivity contribution in [1.82, 2.24) is 0 Å². The molecule has 0 fully saturated rings. The molecule has 19 heavy (non-hydrogen) atoms. The van der Waals surface area contributed by atoms with Crippen molar-refractivity contribution >= 4 is 17.3 Å². The standard InChI is InChI=1S/C15H16ClFN2/c1-19(14-9-5-4-8-13(14)17)15(10-18)11-6-2-3-7-12(11)16/h2-9,15H,10,18H2,1H3. The highest BCUT2D eigenvalue weighted by Crippen LogP contribution is 2.30. The predicted molar refractivity (Wildman–Crippen MR) is 78.1 cm³/mol. The van der Waals surface area contributed by atoms with Crippen molar-refractivity contribution < 1.29 is 4.39 Å². The Bertz CT molecular complexity index is 559.